The molecule has 1 saturated heterocycles. The van der Waals surface area contributed by atoms with Crippen molar-refractivity contribution in [3.05, 3.63) is 62.3 Å². The molecular formula is C21H26BrClN2. The van der Waals surface area contributed by atoms with Gasteiger partial charge in [0, 0.05) is 21.6 Å². The molecule has 1 fully saturated rings. The first-order valence-corrected chi connectivity index (χ1v) is 10.5. The molecule has 0 radical (unpaired) electrons. The standard InChI is InChI=1S/C19H20BrClN2.C2H6/c20-15-9-14-2-1-13-10-16(21)3-4-17(13)18(19(14)23-11-15)12-5-7-22-8-6-12;1-2/h3-4,9-12,18,22H,1-2,5-8H2;1-2H3. The minimum atomic E-state index is 0.398. The van der Waals surface area contributed by atoms with E-state index >= 15 is 0 Å². The molecule has 2 heterocycles. The summed E-state index contributed by atoms with van der Waals surface area (Å²) >= 11 is 9.85. The fraction of sp³-hybridized carbons (Fsp3) is 0.476. The Bertz CT molecular complexity index is 672. The Kier molecular flexibility index (Phi) is 6.54. The third-order valence-electron chi connectivity index (χ3n) is 5.22. The Balaban J connectivity index is 0.000000880. The van der Waals surface area contributed by atoms with Gasteiger partial charge >= 0.3 is 0 Å². The molecule has 2 aromatic rings. The molecule has 1 atom stereocenters. The van der Waals surface area contributed by atoms with Gasteiger partial charge in [-0.2, -0.15) is 0 Å². The highest BCUT2D eigenvalue weighted by Gasteiger charge is 2.32. The van der Waals surface area contributed by atoms with E-state index in [1.54, 1.807) is 0 Å². The first kappa shape index (κ1) is 18.9. The average Bonchev–Trinajstić information content (AvgIpc) is 2.80. The molecule has 0 saturated carbocycles. The second kappa shape index (κ2) is 8.66. The lowest BCUT2D eigenvalue weighted by Crippen LogP contribution is -2.31. The maximum atomic E-state index is 6.27. The van der Waals surface area contributed by atoms with E-state index in [0.717, 1.165) is 35.4 Å². The quantitative estimate of drug-likeness (QED) is 0.633. The number of aromatic nitrogens is 1. The number of nitrogens with zero attached hydrogens (tertiary/aromatic N) is 1. The van der Waals surface area contributed by atoms with Crippen LogP contribution in [-0.2, 0) is 12.8 Å². The van der Waals surface area contributed by atoms with Crippen molar-refractivity contribution in [3.63, 3.8) is 0 Å². The predicted octanol–water partition coefficient (Wildman–Crippen LogP) is 5.75. The number of pyridine rings is 1. The number of hydrogen-bond acceptors (Lipinski definition) is 2. The molecule has 1 aromatic heterocycles. The summed E-state index contributed by atoms with van der Waals surface area (Å²) in [4.78, 5) is 4.86. The minimum Gasteiger partial charge on any atom is -0.317 e. The molecule has 1 aromatic carbocycles. The summed E-state index contributed by atoms with van der Waals surface area (Å²) < 4.78 is 1.07. The van der Waals surface area contributed by atoms with E-state index < -0.39 is 0 Å². The van der Waals surface area contributed by atoms with Crippen molar-refractivity contribution in [3.8, 4) is 0 Å². The fourth-order valence-electron chi connectivity index (χ4n) is 4.14. The van der Waals surface area contributed by atoms with E-state index in [1.165, 1.54) is 35.2 Å². The summed E-state index contributed by atoms with van der Waals surface area (Å²) in [7, 11) is 0. The Hall–Kier alpha value is -0.900. The Labute approximate surface area is 164 Å². The molecular weight excluding hydrogens is 396 g/mol. The lowest BCUT2D eigenvalue weighted by atomic mass is 9.77. The van der Waals surface area contributed by atoms with Crippen LogP contribution >= 0.6 is 27.5 Å². The van der Waals surface area contributed by atoms with E-state index in [9.17, 15) is 0 Å². The van der Waals surface area contributed by atoms with Gasteiger partial charge in [0.15, 0.2) is 0 Å². The molecule has 0 spiro atoms. The van der Waals surface area contributed by atoms with Gasteiger partial charge in [-0.1, -0.05) is 31.5 Å². The number of nitrogens with one attached hydrogen (secondary N) is 1. The topological polar surface area (TPSA) is 24.9 Å². The van der Waals surface area contributed by atoms with Crippen LogP contribution < -0.4 is 5.32 Å². The molecule has 2 nitrogen and oxygen atoms in total. The van der Waals surface area contributed by atoms with Crippen LogP contribution in [0.4, 0.5) is 0 Å². The third kappa shape index (κ3) is 4.10. The summed E-state index contributed by atoms with van der Waals surface area (Å²) in [5.41, 5.74) is 5.50. The van der Waals surface area contributed by atoms with E-state index in [0.29, 0.717) is 11.8 Å². The zero-order valence-electron chi connectivity index (χ0n) is 15.0. The van der Waals surface area contributed by atoms with Crippen molar-refractivity contribution in [1.29, 1.82) is 0 Å². The minimum absolute atomic E-state index is 0.398. The van der Waals surface area contributed by atoms with E-state index in [2.05, 4.69) is 39.4 Å². The lowest BCUT2D eigenvalue weighted by Gasteiger charge is -2.32. The fourth-order valence-corrected chi connectivity index (χ4v) is 4.71. The zero-order valence-corrected chi connectivity index (χ0v) is 17.3. The highest BCUT2D eigenvalue weighted by molar-refractivity contribution is 9.10. The number of piperidine rings is 1. The maximum Gasteiger partial charge on any atom is 0.0514 e. The second-order valence-electron chi connectivity index (χ2n) is 6.61. The van der Waals surface area contributed by atoms with Gasteiger partial charge in [0.2, 0.25) is 0 Å². The summed E-state index contributed by atoms with van der Waals surface area (Å²) in [5.74, 6) is 1.05. The van der Waals surface area contributed by atoms with E-state index in [1.807, 2.05) is 26.1 Å². The molecule has 1 aliphatic heterocycles. The van der Waals surface area contributed by atoms with Crippen molar-refractivity contribution in [2.45, 2.75) is 45.4 Å². The number of rotatable bonds is 1. The van der Waals surface area contributed by atoms with Crippen LogP contribution in [0.15, 0.2) is 34.9 Å². The molecule has 4 rings (SSSR count). The summed E-state index contributed by atoms with van der Waals surface area (Å²) in [5, 5.41) is 4.33. The van der Waals surface area contributed by atoms with Gasteiger partial charge in [-0.3, -0.25) is 4.98 Å². The predicted molar refractivity (Wildman–Crippen MR) is 110 cm³/mol. The molecule has 0 bridgehead atoms. The van der Waals surface area contributed by atoms with Crippen LogP contribution in [0.5, 0.6) is 0 Å². The van der Waals surface area contributed by atoms with Crippen LogP contribution in [0.3, 0.4) is 0 Å². The number of fused-ring (bicyclic) bond motifs is 2. The summed E-state index contributed by atoms with van der Waals surface area (Å²) in [6.45, 7) is 6.21. The average molecular weight is 422 g/mol. The molecule has 0 amide bonds. The number of halogens is 2. The van der Waals surface area contributed by atoms with Crippen molar-refractivity contribution < 1.29 is 0 Å². The monoisotopic (exact) mass is 420 g/mol. The number of hydrogen-bond donors (Lipinski definition) is 1. The molecule has 25 heavy (non-hydrogen) atoms. The van der Waals surface area contributed by atoms with Crippen molar-refractivity contribution in [2.24, 2.45) is 5.92 Å². The molecule has 1 N–H and O–H groups in total. The Morgan fingerprint density at radius 2 is 1.80 bits per heavy atom. The first-order chi connectivity index (χ1) is 12.2. The van der Waals surface area contributed by atoms with Crippen LogP contribution in [0.1, 0.15) is 55.0 Å². The van der Waals surface area contributed by atoms with Gasteiger partial charge in [0.05, 0.1) is 5.69 Å². The number of aryl methyl sites for hydroxylation is 2. The van der Waals surface area contributed by atoms with Gasteiger partial charge in [0.25, 0.3) is 0 Å². The van der Waals surface area contributed by atoms with E-state index in [-0.39, 0.29) is 0 Å². The van der Waals surface area contributed by atoms with Gasteiger partial charge in [0.1, 0.15) is 0 Å². The highest BCUT2D eigenvalue weighted by atomic mass is 79.9. The van der Waals surface area contributed by atoms with Crippen LogP contribution in [0.25, 0.3) is 0 Å². The van der Waals surface area contributed by atoms with Gasteiger partial charge in [-0.15, -0.1) is 0 Å². The van der Waals surface area contributed by atoms with E-state index in [4.69, 9.17) is 16.6 Å². The Morgan fingerprint density at radius 1 is 1.08 bits per heavy atom. The zero-order chi connectivity index (χ0) is 17.8. The van der Waals surface area contributed by atoms with Gasteiger partial charge in [-0.25, -0.2) is 0 Å². The SMILES string of the molecule is CC.Clc1ccc2c(c1)CCc1cc(Br)cnc1C2C1CCNCC1. The molecule has 2 aliphatic rings. The van der Waals surface area contributed by atoms with Crippen molar-refractivity contribution in [2.75, 3.05) is 13.1 Å². The molecule has 4 heteroatoms. The molecule has 1 unspecified atom stereocenters. The highest BCUT2D eigenvalue weighted by Crippen LogP contribution is 2.42. The smallest absolute Gasteiger partial charge is 0.0514 e. The summed E-state index contributed by atoms with van der Waals surface area (Å²) in [6, 6.07) is 8.69. The van der Waals surface area contributed by atoms with Crippen LogP contribution in [-0.4, -0.2) is 18.1 Å². The largest absolute Gasteiger partial charge is 0.317 e. The Morgan fingerprint density at radius 3 is 2.56 bits per heavy atom. The molecule has 1 aliphatic carbocycles. The third-order valence-corrected chi connectivity index (χ3v) is 5.89. The van der Waals surface area contributed by atoms with Crippen molar-refractivity contribution >= 4 is 27.5 Å². The lowest BCUT2D eigenvalue weighted by molar-refractivity contribution is 0.338. The second-order valence-corrected chi connectivity index (χ2v) is 7.96. The van der Waals surface area contributed by atoms with Gasteiger partial charge < -0.3 is 5.32 Å². The van der Waals surface area contributed by atoms with Crippen LogP contribution in [0.2, 0.25) is 5.02 Å². The maximum absolute atomic E-state index is 6.27. The van der Waals surface area contributed by atoms with Crippen LogP contribution in [0, 0.1) is 5.92 Å². The van der Waals surface area contributed by atoms with Gasteiger partial charge in [-0.05, 0) is 95.5 Å². The van der Waals surface area contributed by atoms with Crippen molar-refractivity contribution in [1.82, 2.24) is 10.3 Å². The number of benzene rings is 1. The normalized spacial score (nSPS) is 19.9. The first-order valence-electron chi connectivity index (χ1n) is 9.36. The summed E-state index contributed by atoms with van der Waals surface area (Å²) in [6.07, 6.45) is 6.46. The molecule has 134 valence electrons.